The van der Waals surface area contributed by atoms with Gasteiger partial charge in [0.15, 0.2) is 0 Å². The fourth-order valence-electron chi connectivity index (χ4n) is 4.44. The van der Waals surface area contributed by atoms with Crippen LogP contribution in [0.3, 0.4) is 0 Å². The number of amides is 2. The van der Waals surface area contributed by atoms with Crippen LogP contribution in [0.2, 0.25) is 5.15 Å². The van der Waals surface area contributed by atoms with Crippen LogP contribution in [-0.4, -0.2) is 46.4 Å². The molecule has 3 heterocycles. The third-order valence-corrected chi connectivity index (χ3v) is 7.80. The van der Waals surface area contributed by atoms with E-state index in [4.69, 9.17) is 22.1 Å². The van der Waals surface area contributed by atoms with Crippen molar-refractivity contribution in [1.29, 1.82) is 0 Å². The predicted octanol–water partition coefficient (Wildman–Crippen LogP) is 3.54. The highest BCUT2D eigenvalue weighted by atomic mass is 35.5. The molecular formula is C23H25ClN4O5S. The highest BCUT2D eigenvalue weighted by molar-refractivity contribution is 7.90. The van der Waals surface area contributed by atoms with Crippen LogP contribution in [0.15, 0.2) is 53.4 Å². The molecule has 1 aliphatic heterocycles. The van der Waals surface area contributed by atoms with Gasteiger partial charge < -0.3 is 15.4 Å². The van der Waals surface area contributed by atoms with E-state index in [0.717, 1.165) is 0 Å². The number of carbonyl (C=O) groups is 2. The number of halogens is 1. The average Bonchev–Trinajstić information content (AvgIpc) is 3.28. The van der Waals surface area contributed by atoms with Crippen LogP contribution in [-0.2, 0) is 26.1 Å². The molecule has 1 fully saturated rings. The van der Waals surface area contributed by atoms with Crippen molar-refractivity contribution in [3.63, 3.8) is 0 Å². The third kappa shape index (κ3) is 4.74. The summed E-state index contributed by atoms with van der Waals surface area (Å²) in [6.07, 6.45) is -0.0254. The van der Waals surface area contributed by atoms with Gasteiger partial charge in [0.2, 0.25) is 5.91 Å². The number of rotatable bonds is 7. The smallest absolute Gasteiger partial charge is 0.405 e. The minimum atomic E-state index is -3.96. The number of benzene rings is 1. The zero-order valence-electron chi connectivity index (χ0n) is 18.8. The van der Waals surface area contributed by atoms with Gasteiger partial charge >= 0.3 is 6.09 Å². The Labute approximate surface area is 202 Å². The first-order valence-electron chi connectivity index (χ1n) is 10.7. The van der Waals surface area contributed by atoms with E-state index in [-0.39, 0.29) is 28.4 Å². The van der Waals surface area contributed by atoms with Gasteiger partial charge in [0, 0.05) is 12.5 Å². The van der Waals surface area contributed by atoms with E-state index in [0.29, 0.717) is 36.1 Å². The second kappa shape index (κ2) is 8.92. The highest BCUT2D eigenvalue weighted by Crippen LogP contribution is 2.32. The Morgan fingerprint density at radius 1 is 1.24 bits per heavy atom. The van der Waals surface area contributed by atoms with E-state index in [9.17, 15) is 18.0 Å². The quantitative estimate of drug-likeness (QED) is 0.490. The first kappa shape index (κ1) is 24.0. The summed E-state index contributed by atoms with van der Waals surface area (Å²) in [5, 5.41) is 0.238. The number of primary amides is 1. The number of likely N-dealkylation sites (tertiary alicyclic amines) is 1. The van der Waals surface area contributed by atoms with E-state index in [1.165, 1.54) is 22.2 Å². The lowest BCUT2D eigenvalue weighted by molar-refractivity contribution is -0.133. The van der Waals surface area contributed by atoms with E-state index >= 15 is 0 Å². The SMILES string of the molecule is CC(C)(C[C@@H]1CCN(Cc2cc3nc(Cl)ccc3n2S(=O)(=O)c2ccccc2)C1=O)OC(N)=O. The maximum absolute atomic E-state index is 13.6. The molecule has 3 aromatic rings. The van der Waals surface area contributed by atoms with Crippen LogP contribution in [0.4, 0.5) is 4.79 Å². The van der Waals surface area contributed by atoms with Crippen molar-refractivity contribution in [1.82, 2.24) is 13.9 Å². The van der Waals surface area contributed by atoms with Crippen molar-refractivity contribution in [2.24, 2.45) is 11.7 Å². The number of fused-ring (bicyclic) bond motifs is 1. The maximum Gasteiger partial charge on any atom is 0.405 e. The summed E-state index contributed by atoms with van der Waals surface area (Å²) in [6, 6.07) is 12.9. The van der Waals surface area contributed by atoms with Gasteiger partial charge in [-0.25, -0.2) is 22.2 Å². The maximum atomic E-state index is 13.6. The zero-order valence-corrected chi connectivity index (χ0v) is 20.3. The molecule has 34 heavy (non-hydrogen) atoms. The number of ether oxygens (including phenoxy) is 1. The molecule has 0 unspecified atom stereocenters. The number of carbonyl (C=O) groups excluding carboxylic acids is 2. The summed E-state index contributed by atoms with van der Waals surface area (Å²) in [7, 11) is -3.96. The highest BCUT2D eigenvalue weighted by Gasteiger charge is 2.38. The number of aromatic nitrogens is 2. The monoisotopic (exact) mass is 504 g/mol. The fourth-order valence-corrected chi connectivity index (χ4v) is 6.13. The Bertz CT molecular complexity index is 1350. The Morgan fingerprint density at radius 2 is 1.94 bits per heavy atom. The minimum Gasteiger partial charge on any atom is -0.444 e. The fraction of sp³-hybridized carbons (Fsp3) is 0.348. The molecule has 180 valence electrons. The van der Waals surface area contributed by atoms with Gasteiger partial charge in [-0.15, -0.1) is 0 Å². The van der Waals surface area contributed by atoms with E-state index < -0.39 is 21.7 Å². The van der Waals surface area contributed by atoms with Crippen LogP contribution in [0.1, 0.15) is 32.4 Å². The minimum absolute atomic E-state index is 0.0759. The lowest BCUT2D eigenvalue weighted by Gasteiger charge is -2.26. The van der Waals surface area contributed by atoms with Crippen molar-refractivity contribution in [2.75, 3.05) is 6.54 Å². The lowest BCUT2D eigenvalue weighted by atomic mass is 9.92. The van der Waals surface area contributed by atoms with Gasteiger partial charge in [-0.1, -0.05) is 29.8 Å². The molecule has 1 saturated heterocycles. The summed E-state index contributed by atoms with van der Waals surface area (Å²) in [6.45, 7) is 3.92. The standard InChI is InChI=1S/C23H25ClN4O5S/c1-23(2,33-22(25)30)13-15-10-11-27(21(15)29)14-16-12-18-19(8-9-20(24)26-18)28(16)34(31,32)17-6-4-3-5-7-17/h3-9,12,15H,10-11,13-14H2,1-2H3,(H2,25,30)/t15-/m0/s1. The molecular weight excluding hydrogens is 480 g/mol. The van der Waals surface area contributed by atoms with Crippen molar-refractivity contribution < 1.29 is 22.7 Å². The van der Waals surface area contributed by atoms with Gasteiger partial charge in [0.1, 0.15) is 10.8 Å². The molecule has 0 aliphatic carbocycles. The molecule has 0 radical (unpaired) electrons. The van der Waals surface area contributed by atoms with Crippen LogP contribution in [0, 0.1) is 5.92 Å². The largest absolute Gasteiger partial charge is 0.444 e. The van der Waals surface area contributed by atoms with Gasteiger partial charge in [0.05, 0.1) is 28.2 Å². The lowest BCUT2D eigenvalue weighted by Crippen LogP contribution is -2.36. The number of hydrogen-bond donors (Lipinski definition) is 1. The predicted molar refractivity (Wildman–Crippen MR) is 127 cm³/mol. The number of nitrogens with zero attached hydrogens (tertiary/aromatic N) is 3. The number of hydrogen-bond acceptors (Lipinski definition) is 6. The molecule has 2 N–H and O–H groups in total. The molecule has 11 heteroatoms. The molecule has 0 saturated carbocycles. The average molecular weight is 505 g/mol. The van der Waals surface area contributed by atoms with E-state index in [1.807, 2.05) is 0 Å². The first-order valence-corrected chi connectivity index (χ1v) is 12.5. The van der Waals surface area contributed by atoms with Crippen molar-refractivity contribution >= 4 is 44.7 Å². The van der Waals surface area contributed by atoms with Crippen LogP contribution in [0.5, 0.6) is 0 Å². The van der Waals surface area contributed by atoms with E-state index in [1.54, 1.807) is 49.1 Å². The Morgan fingerprint density at radius 3 is 2.62 bits per heavy atom. The molecule has 0 spiro atoms. The number of pyridine rings is 1. The van der Waals surface area contributed by atoms with Gasteiger partial charge in [-0.3, -0.25) is 4.79 Å². The van der Waals surface area contributed by atoms with Crippen molar-refractivity contribution in [2.45, 2.75) is 43.7 Å². The molecule has 1 atom stereocenters. The summed E-state index contributed by atoms with van der Waals surface area (Å²) in [5.74, 6) is -0.508. The van der Waals surface area contributed by atoms with E-state index in [2.05, 4.69) is 4.98 Å². The molecule has 2 amide bonds. The van der Waals surface area contributed by atoms with Gasteiger partial charge in [-0.05, 0) is 57.0 Å². The number of nitrogens with two attached hydrogens (primary N) is 1. The van der Waals surface area contributed by atoms with Crippen LogP contribution >= 0.6 is 11.6 Å². The summed E-state index contributed by atoms with van der Waals surface area (Å²) in [5.41, 5.74) is 5.44. The summed E-state index contributed by atoms with van der Waals surface area (Å²) in [4.78, 5) is 30.3. The molecule has 2 aromatic heterocycles. The van der Waals surface area contributed by atoms with Crippen LogP contribution in [0.25, 0.3) is 11.0 Å². The molecule has 1 aromatic carbocycles. The molecule has 9 nitrogen and oxygen atoms in total. The Kier molecular flexibility index (Phi) is 6.30. The Hall–Kier alpha value is -3.11. The zero-order chi connectivity index (χ0) is 24.7. The van der Waals surface area contributed by atoms with Crippen LogP contribution < -0.4 is 5.73 Å². The molecule has 0 bridgehead atoms. The van der Waals surface area contributed by atoms with Crippen molar-refractivity contribution in [3.05, 3.63) is 59.4 Å². The molecule has 4 rings (SSSR count). The van der Waals surface area contributed by atoms with Gasteiger partial charge in [0.25, 0.3) is 10.0 Å². The third-order valence-electron chi connectivity index (χ3n) is 5.81. The van der Waals surface area contributed by atoms with Gasteiger partial charge in [-0.2, -0.15) is 0 Å². The normalized spacial score (nSPS) is 16.9. The topological polar surface area (TPSA) is 125 Å². The van der Waals surface area contributed by atoms with Crippen molar-refractivity contribution in [3.8, 4) is 0 Å². The summed E-state index contributed by atoms with van der Waals surface area (Å²) < 4.78 is 33.5. The Balaban J connectivity index is 1.67. The second-order valence-corrected chi connectivity index (χ2v) is 11.1. The second-order valence-electron chi connectivity index (χ2n) is 8.89. The molecule has 1 aliphatic rings. The summed E-state index contributed by atoms with van der Waals surface area (Å²) >= 11 is 6.04. The first-order chi connectivity index (χ1) is 16.0.